The number of piperidine rings is 1. The van der Waals surface area contributed by atoms with Crippen LogP contribution in [0.5, 0.6) is 0 Å². The normalized spacial score (nSPS) is 27.6. The van der Waals surface area contributed by atoms with Crippen LogP contribution in [0.2, 0.25) is 5.02 Å². The van der Waals surface area contributed by atoms with Crippen LogP contribution in [0.15, 0.2) is 18.2 Å². The molecule has 1 aromatic carbocycles. The summed E-state index contributed by atoms with van der Waals surface area (Å²) < 4.78 is 10.6. The highest BCUT2D eigenvalue weighted by atomic mass is 35.5. The number of nitrogens with zero attached hydrogens (tertiary/aromatic N) is 1. The number of amides is 3. The van der Waals surface area contributed by atoms with Gasteiger partial charge in [0.1, 0.15) is 18.1 Å². The van der Waals surface area contributed by atoms with Gasteiger partial charge >= 0.3 is 5.97 Å². The first-order chi connectivity index (χ1) is 17.4. The number of carbonyl (C=O) groups excluding carboxylic acids is 4. The molecule has 2 aliphatic heterocycles. The van der Waals surface area contributed by atoms with Crippen molar-refractivity contribution < 1.29 is 28.7 Å². The Balaban J connectivity index is 1.54. The van der Waals surface area contributed by atoms with Crippen LogP contribution in [0.25, 0.3) is 0 Å². The third-order valence-electron chi connectivity index (χ3n) is 7.38. The minimum absolute atomic E-state index is 0.00439. The van der Waals surface area contributed by atoms with Crippen LogP contribution >= 0.6 is 11.6 Å². The van der Waals surface area contributed by atoms with Gasteiger partial charge in [0.15, 0.2) is 0 Å². The molecule has 3 amide bonds. The maximum absolute atomic E-state index is 14.0. The number of carbonyl (C=O) groups is 4. The predicted octanol–water partition coefficient (Wildman–Crippen LogP) is 2.24. The van der Waals surface area contributed by atoms with Crippen molar-refractivity contribution in [1.82, 2.24) is 15.5 Å². The Hall–Kier alpha value is -2.85. The number of hydrogen-bond acceptors (Lipinski definition) is 7. The lowest BCUT2D eigenvalue weighted by atomic mass is 9.84. The largest absolute Gasteiger partial charge is 0.433 e. The SMILES string of the molecule is CCO[C@@H]1OC(=O)CC1NC(=O)[C@@H]1[C@H]2CCC(C2)N1C(=O)C(NC(=O)c1ccc(N)c(Cl)c1)C(C)(C)C. The van der Waals surface area contributed by atoms with Crippen molar-refractivity contribution >= 4 is 41.0 Å². The van der Waals surface area contributed by atoms with Crippen molar-refractivity contribution in [2.24, 2.45) is 11.3 Å². The first-order valence-corrected chi connectivity index (χ1v) is 13.1. The van der Waals surface area contributed by atoms with Gasteiger partial charge in [-0.25, -0.2) is 0 Å². The second kappa shape index (κ2) is 10.5. The fraction of sp³-hybridized carbons (Fsp3) is 0.615. The van der Waals surface area contributed by atoms with E-state index in [1.807, 2.05) is 20.8 Å². The number of likely N-dealkylation sites (tertiary alicyclic amines) is 1. The molecule has 2 heterocycles. The number of halogens is 1. The predicted molar refractivity (Wildman–Crippen MR) is 136 cm³/mol. The number of fused-ring (bicyclic) bond motifs is 2. The van der Waals surface area contributed by atoms with Crippen LogP contribution in [0.4, 0.5) is 5.69 Å². The lowest BCUT2D eigenvalue weighted by Gasteiger charge is -2.40. The van der Waals surface area contributed by atoms with Crippen LogP contribution in [0.1, 0.15) is 63.7 Å². The fourth-order valence-corrected chi connectivity index (χ4v) is 5.74. The standard InChI is InChI=1S/C26H35ClN4O6/c1-5-36-25-18(12-19(32)37-25)29-23(34)20-13-6-8-15(10-13)31(20)24(35)21(26(2,3)4)30-22(33)14-7-9-17(28)16(27)11-14/h7,9,11,13,15,18,20-21,25H,5-6,8,10,12,28H2,1-4H3,(H,29,34)(H,30,33)/t13-,15?,18?,20-,21?,25+/m0/s1. The Morgan fingerprint density at radius 1 is 1.27 bits per heavy atom. The molecule has 202 valence electrons. The van der Waals surface area contributed by atoms with Gasteiger partial charge in [0.2, 0.25) is 18.1 Å². The number of anilines is 1. The number of esters is 1. The van der Waals surface area contributed by atoms with Gasteiger partial charge in [0, 0.05) is 18.2 Å². The van der Waals surface area contributed by atoms with Gasteiger partial charge < -0.3 is 30.7 Å². The molecule has 37 heavy (non-hydrogen) atoms. The molecule has 1 aromatic rings. The van der Waals surface area contributed by atoms with Crippen LogP contribution in [0, 0.1) is 11.3 Å². The summed E-state index contributed by atoms with van der Waals surface area (Å²) in [6.45, 7) is 7.70. The second-order valence-electron chi connectivity index (χ2n) is 11.1. The number of nitrogens with one attached hydrogen (secondary N) is 2. The average Bonchev–Trinajstić information content (AvgIpc) is 3.53. The molecule has 3 unspecified atom stereocenters. The van der Waals surface area contributed by atoms with E-state index in [-0.39, 0.29) is 40.8 Å². The van der Waals surface area contributed by atoms with Crippen molar-refractivity contribution in [1.29, 1.82) is 0 Å². The zero-order valence-corrected chi connectivity index (χ0v) is 22.3. The zero-order chi connectivity index (χ0) is 27.1. The third kappa shape index (κ3) is 5.55. The van der Waals surface area contributed by atoms with Crippen LogP contribution in [-0.2, 0) is 23.9 Å². The van der Waals surface area contributed by atoms with Crippen LogP contribution in [-0.4, -0.2) is 65.7 Å². The molecule has 3 fully saturated rings. The van der Waals surface area contributed by atoms with E-state index in [9.17, 15) is 19.2 Å². The summed E-state index contributed by atoms with van der Waals surface area (Å²) in [5.41, 5.74) is 5.76. The van der Waals surface area contributed by atoms with E-state index < -0.39 is 41.7 Å². The number of rotatable bonds is 7. The second-order valence-corrected chi connectivity index (χ2v) is 11.5. The smallest absolute Gasteiger partial charge is 0.310 e. The minimum atomic E-state index is -0.890. The summed E-state index contributed by atoms with van der Waals surface area (Å²) in [5, 5.41) is 6.02. The Morgan fingerprint density at radius 3 is 2.65 bits per heavy atom. The molecule has 4 N–H and O–H groups in total. The highest BCUT2D eigenvalue weighted by molar-refractivity contribution is 6.33. The van der Waals surface area contributed by atoms with Gasteiger partial charge in [-0.1, -0.05) is 32.4 Å². The van der Waals surface area contributed by atoms with Crippen LogP contribution < -0.4 is 16.4 Å². The fourth-order valence-electron chi connectivity index (χ4n) is 5.56. The number of benzene rings is 1. The Kier molecular flexibility index (Phi) is 7.71. The molecule has 11 heteroatoms. The molecular formula is C26H35ClN4O6. The maximum Gasteiger partial charge on any atom is 0.310 e. The van der Waals surface area contributed by atoms with E-state index in [2.05, 4.69) is 10.6 Å². The summed E-state index contributed by atoms with van der Waals surface area (Å²) in [6.07, 6.45) is 1.51. The maximum atomic E-state index is 14.0. The number of nitrogens with two attached hydrogens (primary N) is 1. The average molecular weight is 535 g/mol. The number of cyclic esters (lactones) is 1. The van der Waals surface area contributed by atoms with E-state index in [1.54, 1.807) is 17.9 Å². The number of hydrogen-bond donors (Lipinski definition) is 3. The van der Waals surface area contributed by atoms with Gasteiger partial charge in [0.05, 0.1) is 17.1 Å². The van der Waals surface area contributed by atoms with Gasteiger partial charge in [-0.2, -0.15) is 0 Å². The van der Waals surface area contributed by atoms with Crippen LogP contribution in [0.3, 0.4) is 0 Å². The van der Waals surface area contributed by atoms with Crippen molar-refractivity contribution in [2.45, 2.75) is 83.8 Å². The molecule has 2 saturated heterocycles. The Bertz CT molecular complexity index is 1090. The monoisotopic (exact) mass is 534 g/mol. The van der Waals surface area contributed by atoms with E-state index in [4.69, 9.17) is 26.8 Å². The van der Waals surface area contributed by atoms with E-state index >= 15 is 0 Å². The summed E-state index contributed by atoms with van der Waals surface area (Å²) in [6, 6.07) is 2.25. The molecule has 0 spiro atoms. The summed E-state index contributed by atoms with van der Waals surface area (Å²) in [4.78, 5) is 54.1. The van der Waals surface area contributed by atoms with E-state index in [1.165, 1.54) is 12.1 Å². The van der Waals surface area contributed by atoms with Gasteiger partial charge in [-0.3, -0.25) is 19.2 Å². The molecular weight excluding hydrogens is 500 g/mol. The lowest BCUT2D eigenvalue weighted by Crippen LogP contribution is -2.62. The zero-order valence-electron chi connectivity index (χ0n) is 21.6. The quantitative estimate of drug-likeness (QED) is 0.360. The minimum Gasteiger partial charge on any atom is -0.433 e. The van der Waals surface area contributed by atoms with Crippen molar-refractivity contribution in [2.75, 3.05) is 12.3 Å². The van der Waals surface area contributed by atoms with Gasteiger partial charge in [-0.05, 0) is 55.7 Å². The molecule has 0 aromatic heterocycles. The lowest BCUT2D eigenvalue weighted by molar-refractivity contribution is -0.165. The highest BCUT2D eigenvalue weighted by Crippen LogP contribution is 2.44. The van der Waals surface area contributed by atoms with Gasteiger partial charge in [0.25, 0.3) is 5.91 Å². The Morgan fingerprint density at radius 2 is 2.00 bits per heavy atom. The molecule has 0 radical (unpaired) electrons. The molecule has 6 atom stereocenters. The van der Waals surface area contributed by atoms with Crippen molar-refractivity contribution in [3.63, 3.8) is 0 Å². The topological polar surface area (TPSA) is 140 Å². The first kappa shape index (κ1) is 27.2. The van der Waals surface area contributed by atoms with Crippen molar-refractivity contribution in [3.8, 4) is 0 Å². The molecule has 1 aliphatic carbocycles. The highest BCUT2D eigenvalue weighted by Gasteiger charge is 2.54. The number of ether oxygens (including phenoxy) is 2. The molecule has 3 aliphatic rings. The van der Waals surface area contributed by atoms with E-state index in [0.717, 1.165) is 19.3 Å². The Labute approximate surface area is 221 Å². The molecule has 1 saturated carbocycles. The molecule has 2 bridgehead atoms. The summed E-state index contributed by atoms with van der Waals surface area (Å²) >= 11 is 6.09. The third-order valence-corrected chi connectivity index (χ3v) is 7.71. The number of nitrogen functional groups attached to an aromatic ring is 1. The summed E-state index contributed by atoms with van der Waals surface area (Å²) in [7, 11) is 0. The molecule has 10 nitrogen and oxygen atoms in total. The molecule has 4 rings (SSSR count). The van der Waals surface area contributed by atoms with Crippen molar-refractivity contribution in [3.05, 3.63) is 28.8 Å². The van der Waals surface area contributed by atoms with Gasteiger partial charge in [-0.15, -0.1) is 0 Å². The van der Waals surface area contributed by atoms with E-state index in [0.29, 0.717) is 12.3 Å². The first-order valence-electron chi connectivity index (χ1n) is 12.7. The summed E-state index contributed by atoms with van der Waals surface area (Å²) in [5.74, 6) is -1.54.